The van der Waals surface area contributed by atoms with Gasteiger partial charge < -0.3 is 14.6 Å². The van der Waals surface area contributed by atoms with E-state index in [-0.39, 0.29) is 13.0 Å². The Morgan fingerprint density at radius 1 is 1.06 bits per heavy atom. The lowest BCUT2D eigenvalue weighted by molar-refractivity contribution is -0.167. The number of amides is 1. The van der Waals surface area contributed by atoms with Gasteiger partial charge in [0.05, 0.1) is 6.04 Å². The van der Waals surface area contributed by atoms with Crippen molar-refractivity contribution in [1.82, 2.24) is 4.90 Å². The minimum Gasteiger partial charge on any atom is -0.458 e. The van der Waals surface area contributed by atoms with E-state index in [9.17, 15) is 14.7 Å². The molecular weight excluding hydrogens is 394 g/mol. The lowest BCUT2D eigenvalue weighted by atomic mass is 9.74. The van der Waals surface area contributed by atoms with E-state index in [1.54, 1.807) is 20.8 Å². The standard InChI is InChI=1S/C25H29NO5/c1-23(2,3)31-21(27)24-15-14-20(25(29,17-24)19-12-8-5-9-13-19)26(24)22(28)30-16-18-10-6-4-7-11-18/h4-13,20,29H,14-17H2,1-3H3/t20-,24+,25+/m1/s1. The van der Waals surface area contributed by atoms with E-state index in [1.807, 2.05) is 60.7 Å². The van der Waals surface area contributed by atoms with Crippen LogP contribution < -0.4 is 0 Å². The Kier molecular flexibility index (Phi) is 5.30. The maximum atomic E-state index is 13.4. The molecule has 1 amide bonds. The average Bonchev–Trinajstić information content (AvgIpc) is 3.25. The first-order chi connectivity index (χ1) is 14.7. The highest BCUT2D eigenvalue weighted by Gasteiger charge is 2.70. The molecule has 0 aliphatic carbocycles. The second kappa shape index (κ2) is 7.68. The largest absolute Gasteiger partial charge is 0.458 e. The summed E-state index contributed by atoms with van der Waals surface area (Å²) in [6.45, 7) is 5.48. The molecule has 0 unspecified atom stereocenters. The van der Waals surface area contributed by atoms with Crippen LogP contribution in [-0.2, 0) is 26.5 Å². The number of hydrogen-bond acceptors (Lipinski definition) is 5. The topological polar surface area (TPSA) is 76.1 Å². The summed E-state index contributed by atoms with van der Waals surface area (Å²) < 4.78 is 11.3. The number of carbonyl (C=O) groups excluding carboxylic acids is 2. The number of aliphatic hydroxyl groups is 1. The Morgan fingerprint density at radius 2 is 1.68 bits per heavy atom. The monoisotopic (exact) mass is 423 g/mol. The lowest BCUT2D eigenvalue weighted by Gasteiger charge is -2.35. The van der Waals surface area contributed by atoms with Crippen molar-refractivity contribution in [3.8, 4) is 0 Å². The highest BCUT2D eigenvalue weighted by atomic mass is 16.6. The molecule has 0 radical (unpaired) electrons. The quantitative estimate of drug-likeness (QED) is 0.748. The van der Waals surface area contributed by atoms with Gasteiger partial charge in [0.25, 0.3) is 0 Å². The Hall–Kier alpha value is -2.86. The summed E-state index contributed by atoms with van der Waals surface area (Å²) in [6.07, 6.45) is 0.404. The number of carbonyl (C=O) groups is 2. The summed E-state index contributed by atoms with van der Waals surface area (Å²) in [5.74, 6) is -0.494. The van der Waals surface area contributed by atoms with E-state index >= 15 is 0 Å². The average molecular weight is 424 g/mol. The van der Waals surface area contributed by atoms with Gasteiger partial charge in [-0.25, -0.2) is 9.59 Å². The molecule has 4 rings (SSSR count). The zero-order chi connectivity index (χ0) is 22.3. The molecule has 2 heterocycles. The van der Waals surface area contributed by atoms with Crippen LogP contribution in [0.5, 0.6) is 0 Å². The molecule has 31 heavy (non-hydrogen) atoms. The van der Waals surface area contributed by atoms with Crippen molar-refractivity contribution in [1.29, 1.82) is 0 Å². The van der Waals surface area contributed by atoms with Crippen LogP contribution >= 0.6 is 0 Å². The van der Waals surface area contributed by atoms with Crippen LogP contribution in [0, 0.1) is 0 Å². The first kappa shape index (κ1) is 21.4. The van der Waals surface area contributed by atoms with Crippen molar-refractivity contribution in [2.75, 3.05) is 0 Å². The summed E-state index contributed by atoms with van der Waals surface area (Å²) in [7, 11) is 0. The Balaban J connectivity index is 1.67. The number of fused-ring (bicyclic) bond motifs is 2. The molecule has 164 valence electrons. The van der Waals surface area contributed by atoms with Crippen molar-refractivity contribution in [2.45, 2.75) is 69.4 Å². The maximum Gasteiger partial charge on any atom is 0.411 e. The summed E-state index contributed by atoms with van der Waals surface area (Å²) in [5.41, 5.74) is -1.77. The molecule has 2 bridgehead atoms. The molecule has 0 saturated carbocycles. The van der Waals surface area contributed by atoms with E-state index < -0.39 is 34.8 Å². The van der Waals surface area contributed by atoms with Crippen molar-refractivity contribution < 1.29 is 24.2 Å². The fraction of sp³-hybridized carbons (Fsp3) is 0.440. The van der Waals surface area contributed by atoms with Crippen LogP contribution in [0.4, 0.5) is 4.79 Å². The van der Waals surface area contributed by atoms with Crippen molar-refractivity contribution in [2.24, 2.45) is 0 Å². The van der Waals surface area contributed by atoms with Crippen LogP contribution in [-0.4, -0.2) is 39.3 Å². The molecule has 0 spiro atoms. The van der Waals surface area contributed by atoms with Gasteiger partial charge in [-0.2, -0.15) is 0 Å². The highest BCUT2D eigenvalue weighted by molar-refractivity contribution is 5.88. The summed E-state index contributed by atoms with van der Waals surface area (Å²) in [4.78, 5) is 28.1. The van der Waals surface area contributed by atoms with E-state index in [2.05, 4.69) is 0 Å². The molecule has 2 aromatic carbocycles. The lowest BCUT2D eigenvalue weighted by Crippen LogP contribution is -2.53. The molecule has 6 nitrogen and oxygen atoms in total. The van der Waals surface area contributed by atoms with Gasteiger partial charge in [-0.05, 0) is 44.7 Å². The predicted molar refractivity (Wildman–Crippen MR) is 115 cm³/mol. The van der Waals surface area contributed by atoms with Crippen molar-refractivity contribution in [3.63, 3.8) is 0 Å². The summed E-state index contributed by atoms with van der Waals surface area (Å²) in [6, 6.07) is 18.0. The summed E-state index contributed by atoms with van der Waals surface area (Å²) >= 11 is 0. The Labute approximate surface area is 182 Å². The Morgan fingerprint density at radius 3 is 2.29 bits per heavy atom. The third kappa shape index (κ3) is 3.81. The highest BCUT2D eigenvalue weighted by Crippen LogP contribution is 2.56. The van der Waals surface area contributed by atoms with Crippen LogP contribution in [0.2, 0.25) is 0 Å². The zero-order valence-electron chi connectivity index (χ0n) is 18.2. The maximum absolute atomic E-state index is 13.4. The minimum atomic E-state index is -1.35. The minimum absolute atomic E-state index is 0.0873. The van der Waals surface area contributed by atoms with Gasteiger partial charge in [-0.3, -0.25) is 4.90 Å². The normalized spacial score (nSPS) is 27.2. The molecule has 1 N–H and O–H groups in total. The zero-order valence-corrected chi connectivity index (χ0v) is 18.2. The number of benzene rings is 2. The fourth-order valence-electron chi connectivity index (χ4n) is 4.87. The van der Waals surface area contributed by atoms with Gasteiger partial charge >= 0.3 is 12.1 Å². The molecule has 2 aliphatic heterocycles. The molecule has 6 heteroatoms. The van der Waals surface area contributed by atoms with E-state index in [1.165, 1.54) is 4.90 Å². The first-order valence-corrected chi connectivity index (χ1v) is 10.7. The second-order valence-electron chi connectivity index (χ2n) is 9.47. The molecule has 0 aromatic heterocycles. The number of hydrogen-bond donors (Lipinski definition) is 1. The molecule has 2 aliphatic rings. The summed E-state index contributed by atoms with van der Waals surface area (Å²) in [5, 5.41) is 11.7. The number of esters is 1. The third-order valence-corrected chi connectivity index (χ3v) is 6.17. The number of nitrogens with zero attached hydrogens (tertiary/aromatic N) is 1. The first-order valence-electron chi connectivity index (χ1n) is 10.7. The number of ether oxygens (including phenoxy) is 2. The van der Waals surface area contributed by atoms with Gasteiger partial charge in [-0.1, -0.05) is 60.7 Å². The Bertz CT molecular complexity index is 955. The van der Waals surface area contributed by atoms with Gasteiger partial charge in [-0.15, -0.1) is 0 Å². The van der Waals surface area contributed by atoms with E-state index in [0.717, 1.165) is 5.56 Å². The molecule has 2 fully saturated rings. The van der Waals surface area contributed by atoms with Gasteiger partial charge in [0.15, 0.2) is 0 Å². The molecule has 2 aromatic rings. The fourth-order valence-corrected chi connectivity index (χ4v) is 4.87. The van der Waals surface area contributed by atoms with E-state index in [0.29, 0.717) is 18.4 Å². The molecular formula is C25H29NO5. The third-order valence-electron chi connectivity index (χ3n) is 6.17. The van der Waals surface area contributed by atoms with Crippen LogP contribution in [0.1, 0.15) is 51.2 Å². The molecule has 3 atom stereocenters. The van der Waals surface area contributed by atoms with Gasteiger partial charge in [0.2, 0.25) is 0 Å². The smallest absolute Gasteiger partial charge is 0.411 e. The predicted octanol–water partition coefficient (Wildman–Crippen LogP) is 4.16. The number of rotatable bonds is 4. The van der Waals surface area contributed by atoms with Gasteiger partial charge in [0, 0.05) is 6.42 Å². The van der Waals surface area contributed by atoms with E-state index in [4.69, 9.17) is 9.47 Å². The second-order valence-corrected chi connectivity index (χ2v) is 9.47. The molecule has 2 saturated heterocycles. The van der Waals surface area contributed by atoms with Gasteiger partial charge in [0.1, 0.15) is 23.3 Å². The van der Waals surface area contributed by atoms with Crippen LogP contribution in [0.25, 0.3) is 0 Å². The SMILES string of the molecule is CC(C)(C)OC(=O)[C@@]12CC[C@@H](N1C(=O)OCc1ccccc1)[C@@](O)(c1ccccc1)C2. The van der Waals surface area contributed by atoms with Crippen molar-refractivity contribution >= 4 is 12.1 Å². The van der Waals surface area contributed by atoms with Crippen molar-refractivity contribution in [3.05, 3.63) is 71.8 Å². The van der Waals surface area contributed by atoms with Crippen LogP contribution in [0.3, 0.4) is 0 Å². The van der Waals surface area contributed by atoms with Crippen LogP contribution in [0.15, 0.2) is 60.7 Å².